The van der Waals surface area contributed by atoms with Crippen LogP contribution in [0.4, 0.5) is 5.69 Å². The first-order valence-corrected chi connectivity index (χ1v) is 7.48. The number of rotatable bonds is 5. The van der Waals surface area contributed by atoms with Crippen molar-refractivity contribution >= 4 is 34.6 Å². The monoisotopic (exact) mass is 298 g/mol. The van der Waals surface area contributed by atoms with Crippen LogP contribution in [0.3, 0.4) is 0 Å². The minimum Gasteiger partial charge on any atom is -0.349 e. The Hall–Kier alpha value is -0.800. The van der Waals surface area contributed by atoms with Crippen molar-refractivity contribution in [2.75, 3.05) is 18.4 Å². The zero-order chi connectivity index (χ0) is 14.4. The molecule has 106 valence electrons. The van der Waals surface area contributed by atoms with Gasteiger partial charge in [-0.3, -0.25) is 0 Å². The molecule has 1 rings (SSSR count). The van der Waals surface area contributed by atoms with Crippen molar-refractivity contribution in [2.45, 2.75) is 27.7 Å². The lowest BCUT2D eigenvalue weighted by atomic mass is 10.1. The number of benzene rings is 1. The third kappa shape index (κ3) is 6.26. The van der Waals surface area contributed by atoms with Crippen LogP contribution in [0.15, 0.2) is 24.3 Å². The van der Waals surface area contributed by atoms with Gasteiger partial charge in [0.2, 0.25) is 0 Å². The molecule has 1 aromatic carbocycles. The Balaban J connectivity index is 2.70. The molecule has 0 aliphatic rings. The first-order valence-electron chi connectivity index (χ1n) is 6.70. The lowest BCUT2D eigenvalue weighted by Crippen LogP contribution is -2.39. The van der Waals surface area contributed by atoms with Gasteiger partial charge < -0.3 is 10.2 Å². The van der Waals surface area contributed by atoms with Gasteiger partial charge in [0.1, 0.15) is 0 Å². The van der Waals surface area contributed by atoms with E-state index in [1.165, 1.54) is 0 Å². The Labute approximate surface area is 127 Å². The zero-order valence-corrected chi connectivity index (χ0v) is 13.7. The van der Waals surface area contributed by atoms with E-state index in [4.69, 9.17) is 23.8 Å². The molecule has 0 aliphatic heterocycles. The van der Waals surface area contributed by atoms with Crippen LogP contribution in [0.1, 0.15) is 27.7 Å². The van der Waals surface area contributed by atoms with Crippen molar-refractivity contribution in [3.8, 4) is 0 Å². The molecule has 19 heavy (non-hydrogen) atoms. The highest BCUT2D eigenvalue weighted by molar-refractivity contribution is 7.80. The second kappa shape index (κ2) is 7.71. The number of halogens is 1. The van der Waals surface area contributed by atoms with Gasteiger partial charge in [0.25, 0.3) is 0 Å². The number of anilines is 1. The van der Waals surface area contributed by atoms with Crippen LogP contribution in [0.25, 0.3) is 0 Å². The van der Waals surface area contributed by atoms with E-state index >= 15 is 0 Å². The highest BCUT2D eigenvalue weighted by atomic mass is 35.5. The lowest BCUT2D eigenvalue weighted by Gasteiger charge is -2.29. The van der Waals surface area contributed by atoms with Crippen molar-refractivity contribution in [1.29, 1.82) is 0 Å². The standard InChI is InChI=1S/C15H23ClN2S/c1-11(2)9-18(10-12(3)4)15(19)17-14-7-5-6-13(16)8-14/h5-8,11-12H,9-10H2,1-4H3,(H,17,19). The molecule has 1 aromatic rings. The maximum Gasteiger partial charge on any atom is 0.173 e. The summed E-state index contributed by atoms with van der Waals surface area (Å²) in [5.74, 6) is 1.16. The number of nitrogens with one attached hydrogen (secondary N) is 1. The molecule has 0 heterocycles. The Morgan fingerprint density at radius 1 is 1.21 bits per heavy atom. The van der Waals surface area contributed by atoms with Gasteiger partial charge >= 0.3 is 0 Å². The molecule has 0 unspecified atom stereocenters. The van der Waals surface area contributed by atoms with E-state index in [9.17, 15) is 0 Å². The summed E-state index contributed by atoms with van der Waals surface area (Å²) in [5, 5.41) is 4.75. The molecule has 0 fully saturated rings. The van der Waals surface area contributed by atoms with Crippen LogP contribution in [-0.4, -0.2) is 23.1 Å². The van der Waals surface area contributed by atoms with E-state index in [0.717, 1.165) is 23.9 Å². The maximum absolute atomic E-state index is 5.98. The third-order valence-electron chi connectivity index (χ3n) is 2.53. The van der Waals surface area contributed by atoms with Crippen LogP contribution < -0.4 is 5.32 Å². The summed E-state index contributed by atoms with van der Waals surface area (Å²) in [4.78, 5) is 2.23. The minimum atomic E-state index is 0.581. The summed E-state index contributed by atoms with van der Waals surface area (Å²) in [6.07, 6.45) is 0. The molecule has 0 saturated heterocycles. The van der Waals surface area contributed by atoms with Crippen LogP contribution in [-0.2, 0) is 0 Å². The van der Waals surface area contributed by atoms with Gasteiger partial charge in [-0.15, -0.1) is 0 Å². The third-order valence-corrected chi connectivity index (χ3v) is 3.13. The molecule has 4 heteroatoms. The average Bonchev–Trinajstić information content (AvgIpc) is 2.26. The summed E-state index contributed by atoms with van der Waals surface area (Å²) >= 11 is 11.5. The van der Waals surface area contributed by atoms with E-state index in [-0.39, 0.29) is 0 Å². The summed E-state index contributed by atoms with van der Waals surface area (Å²) in [6.45, 7) is 10.7. The van der Waals surface area contributed by atoms with Gasteiger partial charge in [0, 0.05) is 23.8 Å². The molecular weight excluding hydrogens is 276 g/mol. The van der Waals surface area contributed by atoms with Crippen LogP contribution in [0, 0.1) is 11.8 Å². The zero-order valence-electron chi connectivity index (χ0n) is 12.1. The summed E-state index contributed by atoms with van der Waals surface area (Å²) in [5.41, 5.74) is 0.940. The molecule has 0 aliphatic carbocycles. The number of hydrogen-bond acceptors (Lipinski definition) is 1. The van der Waals surface area contributed by atoms with Crippen molar-refractivity contribution in [2.24, 2.45) is 11.8 Å². The van der Waals surface area contributed by atoms with Gasteiger partial charge in [-0.1, -0.05) is 45.4 Å². The van der Waals surface area contributed by atoms with Crippen molar-refractivity contribution < 1.29 is 0 Å². The quantitative estimate of drug-likeness (QED) is 0.797. The Kier molecular flexibility index (Phi) is 6.59. The Bertz CT molecular complexity index is 408. The molecule has 0 radical (unpaired) electrons. The molecule has 0 aromatic heterocycles. The fourth-order valence-corrected chi connectivity index (χ4v) is 2.35. The van der Waals surface area contributed by atoms with Gasteiger partial charge in [-0.25, -0.2) is 0 Å². The lowest BCUT2D eigenvalue weighted by molar-refractivity contribution is 0.332. The predicted molar refractivity (Wildman–Crippen MR) is 88.9 cm³/mol. The summed E-state index contributed by atoms with van der Waals surface area (Å²) in [7, 11) is 0. The Morgan fingerprint density at radius 3 is 2.26 bits per heavy atom. The maximum atomic E-state index is 5.98. The molecule has 2 nitrogen and oxygen atoms in total. The van der Waals surface area contributed by atoms with E-state index in [2.05, 4.69) is 37.9 Å². The molecule has 1 N–H and O–H groups in total. The van der Waals surface area contributed by atoms with Crippen molar-refractivity contribution in [3.05, 3.63) is 29.3 Å². The van der Waals surface area contributed by atoms with Gasteiger partial charge in [-0.05, 0) is 42.3 Å². The number of nitrogens with zero attached hydrogens (tertiary/aromatic N) is 1. The van der Waals surface area contributed by atoms with Gasteiger partial charge in [0.05, 0.1) is 0 Å². The van der Waals surface area contributed by atoms with E-state index in [1.54, 1.807) is 0 Å². The van der Waals surface area contributed by atoms with E-state index in [0.29, 0.717) is 16.9 Å². The fourth-order valence-electron chi connectivity index (χ4n) is 1.89. The summed E-state index contributed by atoms with van der Waals surface area (Å²) in [6, 6.07) is 7.64. The summed E-state index contributed by atoms with van der Waals surface area (Å²) < 4.78 is 0. The normalized spacial score (nSPS) is 10.9. The van der Waals surface area contributed by atoms with Crippen LogP contribution in [0.2, 0.25) is 5.02 Å². The Morgan fingerprint density at radius 2 is 1.79 bits per heavy atom. The molecule has 0 spiro atoms. The topological polar surface area (TPSA) is 15.3 Å². The average molecular weight is 299 g/mol. The molecular formula is C15H23ClN2S. The largest absolute Gasteiger partial charge is 0.349 e. The van der Waals surface area contributed by atoms with Crippen LogP contribution >= 0.6 is 23.8 Å². The second-order valence-electron chi connectivity index (χ2n) is 5.63. The first-order chi connectivity index (χ1) is 8.88. The highest BCUT2D eigenvalue weighted by Crippen LogP contribution is 2.16. The molecule has 0 amide bonds. The van der Waals surface area contributed by atoms with Crippen molar-refractivity contribution in [3.63, 3.8) is 0 Å². The minimum absolute atomic E-state index is 0.581. The van der Waals surface area contributed by atoms with Crippen LogP contribution in [0.5, 0.6) is 0 Å². The fraction of sp³-hybridized carbons (Fsp3) is 0.533. The molecule has 0 bridgehead atoms. The first kappa shape index (κ1) is 16.3. The second-order valence-corrected chi connectivity index (χ2v) is 6.46. The molecule has 0 saturated carbocycles. The van der Waals surface area contributed by atoms with Crippen molar-refractivity contribution in [1.82, 2.24) is 4.90 Å². The van der Waals surface area contributed by atoms with Gasteiger partial charge in [0.15, 0.2) is 5.11 Å². The van der Waals surface area contributed by atoms with E-state index in [1.807, 2.05) is 24.3 Å². The van der Waals surface area contributed by atoms with Gasteiger partial charge in [-0.2, -0.15) is 0 Å². The molecule has 0 atom stereocenters. The highest BCUT2D eigenvalue weighted by Gasteiger charge is 2.13. The van der Waals surface area contributed by atoms with E-state index < -0.39 is 0 Å². The number of thiocarbonyl (C=S) groups is 1. The SMILES string of the molecule is CC(C)CN(CC(C)C)C(=S)Nc1cccc(Cl)c1. The number of hydrogen-bond donors (Lipinski definition) is 1. The predicted octanol–water partition coefficient (Wildman–Crippen LogP) is 4.65. The smallest absolute Gasteiger partial charge is 0.173 e.